The molecule has 0 fully saturated rings. The summed E-state index contributed by atoms with van der Waals surface area (Å²) in [6.07, 6.45) is 0.822. The monoisotopic (exact) mass is 177 g/mol. The first kappa shape index (κ1) is 8.26. The van der Waals surface area contributed by atoms with Gasteiger partial charge in [-0.15, -0.1) is 0 Å². The molecule has 0 aromatic heterocycles. The molecule has 0 radical (unpaired) electrons. The number of rotatable bonds is 1. The first-order valence-electron chi connectivity index (χ1n) is 4.30. The third-order valence-corrected chi connectivity index (χ3v) is 2.28. The molecule has 68 valence electrons. The molecule has 2 rings (SSSR count). The molecule has 0 saturated heterocycles. The number of hydroxylamine groups is 1. The Balaban J connectivity index is 2.45. The minimum absolute atomic E-state index is 0.435. The zero-order valence-electron chi connectivity index (χ0n) is 7.41. The van der Waals surface area contributed by atoms with E-state index < -0.39 is 0 Å². The second-order valence-corrected chi connectivity index (χ2v) is 3.27. The summed E-state index contributed by atoms with van der Waals surface area (Å²) in [5, 5.41) is 0. The van der Waals surface area contributed by atoms with Crippen molar-refractivity contribution in [3.8, 4) is 5.75 Å². The van der Waals surface area contributed by atoms with E-state index in [9.17, 15) is 4.79 Å². The Hall–Kier alpha value is -1.35. The molecule has 1 aliphatic rings. The lowest BCUT2D eigenvalue weighted by Crippen LogP contribution is -2.29. The van der Waals surface area contributed by atoms with Crippen LogP contribution < -0.4 is 10.3 Å². The third-order valence-electron chi connectivity index (χ3n) is 2.28. The smallest absolute Gasteiger partial charge is 0.151 e. The van der Waals surface area contributed by atoms with E-state index in [1.165, 1.54) is 0 Å². The number of fused-ring (bicyclic) bond motifs is 1. The summed E-state index contributed by atoms with van der Waals surface area (Å²) in [6, 6.07) is 5.52. The first-order valence-corrected chi connectivity index (χ1v) is 4.30. The molecule has 1 heterocycles. The lowest BCUT2D eigenvalue weighted by molar-refractivity contribution is 0.112. The number of carbonyl (C=O) groups is 1. The maximum atomic E-state index is 10.5. The second kappa shape index (κ2) is 3.18. The summed E-state index contributed by atoms with van der Waals surface area (Å²) in [6.45, 7) is 2.93. The quantitative estimate of drug-likeness (QED) is 0.660. The predicted octanol–water partition coefficient (Wildman–Crippen LogP) is 1.50. The van der Waals surface area contributed by atoms with E-state index in [0.29, 0.717) is 11.5 Å². The van der Waals surface area contributed by atoms with E-state index >= 15 is 0 Å². The maximum absolute atomic E-state index is 10.5. The highest BCUT2D eigenvalue weighted by molar-refractivity contribution is 5.76. The molecule has 3 heteroatoms. The number of benzene rings is 1. The molecule has 0 spiro atoms. The van der Waals surface area contributed by atoms with Crippen LogP contribution in [0.1, 0.15) is 28.8 Å². The molecule has 3 nitrogen and oxygen atoms in total. The Morgan fingerprint density at radius 2 is 2.46 bits per heavy atom. The number of nitrogens with one attached hydrogen (secondary N) is 1. The van der Waals surface area contributed by atoms with Crippen LogP contribution >= 0.6 is 0 Å². The van der Waals surface area contributed by atoms with E-state index in [-0.39, 0.29) is 0 Å². The van der Waals surface area contributed by atoms with Gasteiger partial charge >= 0.3 is 0 Å². The molecular weight excluding hydrogens is 166 g/mol. The zero-order chi connectivity index (χ0) is 9.26. The van der Waals surface area contributed by atoms with Crippen molar-refractivity contribution in [2.24, 2.45) is 0 Å². The molecule has 1 aromatic carbocycles. The summed E-state index contributed by atoms with van der Waals surface area (Å²) in [5.41, 5.74) is 4.63. The van der Waals surface area contributed by atoms with Crippen LogP contribution in [0, 0.1) is 0 Å². The fourth-order valence-electron chi connectivity index (χ4n) is 1.47. The van der Waals surface area contributed by atoms with Gasteiger partial charge < -0.3 is 4.84 Å². The summed E-state index contributed by atoms with van der Waals surface area (Å²) in [5.74, 6) is 1.20. The molecule has 0 amide bonds. The van der Waals surface area contributed by atoms with Crippen molar-refractivity contribution in [3.63, 3.8) is 0 Å². The summed E-state index contributed by atoms with van der Waals surface area (Å²) >= 11 is 0. The molecule has 1 aliphatic heterocycles. The molecule has 0 bridgehead atoms. The van der Waals surface area contributed by atoms with Gasteiger partial charge in [-0.05, 0) is 6.07 Å². The molecule has 1 aromatic rings. The predicted molar refractivity (Wildman–Crippen MR) is 48.9 cm³/mol. The van der Waals surface area contributed by atoms with Crippen LogP contribution in [0.15, 0.2) is 18.2 Å². The molecule has 0 aliphatic carbocycles. The van der Waals surface area contributed by atoms with Gasteiger partial charge in [-0.3, -0.25) is 4.79 Å². The van der Waals surface area contributed by atoms with Crippen LogP contribution in [0.5, 0.6) is 5.75 Å². The Morgan fingerprint density at radius 3 is 3.23 bits per heavy atom. The fraction of sp³-hybridized carbons (Fsp3) is 0.300. The topological polar surface area (TPSA) is 38.3 Å². The highest BCUT2D eigenvalue weighted by atomic mass is 16.6. The SMILES string of the molecule is CC1CNOc2cc(C=O)ccc21. The number of hydrogen-bond acceptors (Lipinski definition) is 3. The van der Waals surface area contributed by atoms with E-state index in [1.807, 2.05) is 12.1 Å². The highest BCUT2D eigenvalue weighted by Crippen LogP contribution is 2.29. The van der Waals surface area contributed by atoms with Crippen LogP contribution in [0.25, 0.3) is 0 Å². The number of carbonyl (C=O) groups excluding carboxylic acids is 1. The molecular formula is C10H11NO2. The van der Waals surface area contributed by atoms with Gasteiger partial charge in [0.2, 0.25) is 0 Å². The van der Waals surface area contributed by atoms with Crippen molar-refractivity contribution in [2.75, 3.05) is 6.54 Å². The van der Waals surface area contributed by atoms with Gasteiger partial charge in [-0.25, -0.2) is 0 Å². The normalized spacial score (nSPS) is 20.2. The standard InChI is InChI=1S/C10H11NO2/c1-7-5-11-13-10-4-8(6-12)2-3-9(7)10/h2-4,6-7,11H,5H2,1H3. The molecule has 1 unspecified atom stereocenters. The van der Waals surface area contributed by atoms with Crippen LogP contribution in [0.3, 0.4) is 0 Å². The lowest BCUT2D eigenvalue weighted by atomic mass is 9.98. The van der Waals surface area contributed by atoms with Crippen molar-refractivity contribution in [1.82, 2.24) is 5.48 Å². The second-order valence-electron chi connectivity index (χ2n) is 3.27. The van der Waals surface area contributed by atoms with Gasteiger partial charge in [0, 0.05) is 23.6 Å². The van der Waals surface area contributed by atoms with Crippen molar-refractivity contribution in [3.05, 3.63) is 29.3 Å². The Morgan fingerprint density at radius 1 is 1.62 bits per heavy atom. The molecule has 0 saturated carbocycles. The Labute approximate surface area is 76.7 Å². The van der Waals surface area contributed by atoms with E-state index in [1.54, 1.807) is 6.07 Å². The summed E-state index contributed by atoms with van der Waals surface area (Å²) < 4.78 is 0. The van der Waals surface area contributed by atoms with Crippen molar-refractivity contribution < 1.29 is 9.63 Å². The van der Waals surface area contributed by atoms with Gasteiger partial charge in [0.1, 0.15) is 6.29 Å². The number of hydrogen-bond donors (Lipinski definition) is 1. The Bertz CT molecular complexity index is 336. The van der Waals surface area contributed by atoms with E-state index in [0.717, 1.165) is 24.1 Å². The van der Waals surface area contributed by atoms with Crippen LogP contribution in [0.4, 0.5) is 0 Å². The first-order chi connectivity index (χ1) is 6.31. The van der Waals surface area contributed by atoms with Crippen LogP contribution in [-0.4, -0.2) is 12.8 Å². The zero-order valence-corrected chi connectivity index (χ0v) is 7.41. The van der Waals surface area contributed by atoms with E-state index in [4.69, 9.17) is 4.84 Å². The van der Waals surface area contributed by atoms with Crippen LogP contribution in [0.2, 0.25) is 0 Å². The van der Waals surface area contributed by atoms with Gasteiger partial charge in [0.15, 0.2) is 5.75 Å². The molecule has 1 atom stereocenters. The Kier molecular flexibility index (Phi) is 2.02. The molecule has 1 N–H and O–H groups in total. The van der Waals surface area contributed by atoms with Crippen molar-refractivity contribution >= 4 is 6.29 Å². The summed E-state index contributed by atoms with van der Waals surface area (Å²) in [4.78, 5) is 15.7. The van der Waals surface area contributed by atoms with Crippen LogP contribution in [-0.2, 0) is 0 Å². The minimum atomic E-state index is 0.435. The lowest BCUT2D eigenvalue weighted by Gasteiger charge is -2.23. The van der Waals surface area contributed by atoms with Crippen molar-refractivity contribution in [1.29, 1.82) is 0 Å². The molecule has 13 heavy (non-hydrogen) atoms. The maximum Gasteiger partial charge on any atom is 0.151 e. The van der Waals surface area contributed by atoms with Gasteiger partial charge in [-0.1, -0.05) is 19.1 Å². The van der Waals surface area contributed by atoms with Gasteiger partial charge in [0.25, 0.3) is 0 Å². The van der Waals surface area contributed by atoms with Gasteiger partial charge in [0.05, 0.1) is 0 Å². The van der Waals surface area contributed by atoms with Crippen molar-refractivity contribution in [2.45, 2.75) is 12.8 Å². The van der Waals surface area contributed by atoms with E-state index in [2.05, 4.69) is 12.4 Å². The van der Waals surface area contributed by atoms with Gasteiger partial charge in [-0.2, -0.15) is 5.48 Å². The largest absolute Gasteiger partial charge is 0.408 e. The minimum Gasteiger partial charge on any atom is -0.408 e. The fourth-order valence-corrected chi connectivity index (χ4v) is 1.47. The highest BCUT2D eigenvalue weighted by Gasteiger charge is 2.17. The summed E-state index contributed by atoms with van der Waals surface area (Å²) in [7, 11) is 0. The average Bonchev–Trinajstić information content (AvgIpc) is 2.18. The number of aldehydes is 1. The average molecular weight is 177 g/mol. The third kappa shape index (κ3) is 1.42.